The van der Waals surface area contributed by atoms with Gasteiger partial charge in [-0.1, -0.05) is 23.2 Å². The first kappa shape index (κ1) is 12.5. The van der Waals surface area contributed by atoms with Gasteiger partial charge in [0.05, 0.1) is 15.5 Å². The predicted molar refractivity (Wildman–Crippen MR) is 69.1 cm³/mol. The number of anilines is 1. The quantitative estimate of drug-likeness (QED) is 0.725. The van der Waals surface area contributed by atoms with Crippen LogP contribution in [0.25, 0.3) is 0 Å². The molecule has 1 aromatic carbocycles. The summed E-state index contributed by atoms with van der Waals surface area (Å²) in [7, 11) is 1.68. The van der Waals surface area contributed by atoms with Crippen molar-refractivity contribution in [3.05, 3.63) is 22.2 Å². The Hall–Kier alpha value is -0.930. The molecule has 0 spiro atoms. The summed E-state index contributed by atoms with van der Waals surface area (Å²) >= 11 is 12.2. The molecule has 0 aliphatic carbocycles. The summed E-state index contributed by atoms with van der Waals surface area (Å²) in [5, 5.41) is 0.916. The van der Waals surface area contributed by atoms with Crippen LogP contribution in [0.3, 0.4) is 0 Å². The lowest BCUT2D eigenvalue weighted by Crippen LogP contribution is -2.39. The molecule has 0 saturated carbocycles. The molecule has 0 atom stereocenters. The summed E-state index contributed by atoms with van der Waals surface area (Å²) < 4.78 is 5.64. The van der Waals surface area contributed by atoms with E-state index in [4.69, 9.17) is 27.9 Å². The topological polar surface area (TPSA) is 29.5 Å². The van der Waals surface area contributed by atoms with Gasteiger partial charge >= 0.3 is 0 Å². The number of benzene rings is 1. The maximum atomic E-state index is 12.2. The number of carbonyl (C=O) groups excluding carboxylic acids is 1. The second kappa shape index (κ2) is 4.07. The van der Waals surface area contributed by atoms with Crippen LogP contribution in [-0.2, 0) is 4.79 Å². The van der Waals surface area contributed by atoms with Crippen LogP contribution >= 0.6 is 23.2 Å². The smallest absolute Gasteiger partial charge is 0.235 e. The Morgan fingerprint density at radius 2 is 1.88 bits per heavy atom. The molecule has 0 N–H and O–H groups in total. The highest BCUT2D eigenvalue weighted by molar-refractivity contribution is 6.37. The summed E-state index contributed by atoms with van der Waals surface area (Å²) in [4.78, 5) is 13.7. The minimum atomic E-state index is -0.597. The van der Waals surface area contributed by atoms with Gasteiger partial charge in [0.1, 0.15) is 12.3 Å². The number of fused-ring (bicyclic) bond motifs is 1. The van der Waals surface area contributed by atoms with E-state index < -0.39 is 5.41 Å². The highest BCUT2D eigenvalue weighted by Crippen LogP contribution is 2.44. The molecule has 1 aliphatic heterocycles. The van der Waals surface area contributed by atoms with Crippen LogP contribution in [0.2, 0.25) is 10.0 Å². The van der Waals surface area contributed by atoms with Crippen LogP contribution in [0.5, 0.6) is 5.75 Å². The Morgan fingerprint density at radius 3 is 2.53 bits per heavy atom. The Labute approximate surface area is 110 Å². The third kappa shape index (κ3) is 1.98. The van der Waals surface area contributed by atoms with Gasteiger partial charge in [0.2, 0.25) is 5.91 Å². The van der Waals surface area contributed by atoms with Gasteiger partial charge < -0.3 is 9.64 Å². The van der Waals surface area contributed by atoms with Crippen molar-refractivity contribution in [2.45, 2.75) is 13.8 Å². The average Bonchev–Trinajstić information content (AvgIpc) is 2.35. The molecule has 1 aromatic rings. The summed E-state index contributed by atoms with van der Waals surface area (Å²) in [5.74, 6) is 0.431. The predicted octanol–water partition coefficient (Wildman–Crippen LogP) is 3.37. The maximum Gasteiger partial charge on any atom is 0.235 e. The van der Waals surface area contributed by atoms with Crippen molar-refractivity contribution in [2.75, 3.05) is 18.6 Å². The van der Waals surface area contributed by atoms with Crippen LogP contribution in [0.1, 0.15) is 13.8 Å². The van der Waals surface area contributed by atoms with Crippen LogP contribution in [0.4, 0.5) is 5.69 Å². The number of amides is 1. The van der Waals surface area contributed by atoms with Crippen molar-refractivity contribution in [3.63, 3.8) is 0 Å². The lowest BCUT2D eigenvalue weighted by Gasteiger charge is -2.24. The number of hydrogen-bond acceptors (Lipinski definition) is 2. The molecule has 0 unspecified atom stereocenters. The van der Waals surface area contributed by atoms with Gasteiger partial charge in [-0.05, 0) is 26.0 Å². The number of nitrogens with zero attached hydrogens (tertiary/aromatic N) is 1. The molecule has 2 rings (SSSR count). The highest BCUT2D eigenvalue weighted by atomic mass is 35.5. The Morgan fingerprint density at radius 1 is 1.29 bits per heavy atom. The van der Waals surface area contributed by atoms with Crippen molar-refractivity contribution < 1.29 is 9.53 Å². The van der Waals surface area contributed by atoms with Crippen molar-refractivity contribution in [1.29, 1.82) is 0 Å². The van der Waals surface area contributed by atoms with E-state index in [2.05, 4.69) is 0 Å². The summed E-state index contributed by atoms with van der Waals surface area (Å²) in [6.45, 7) is 3.95. The van der Waals surface area contributed by atoms with E-state index in [0.717, 1.165) is 0 Å². The van der Waals surface area contributed by atoms with Gasteiger partial charge in [0.25, 0.3) is 0 Å². The first-order valence-corrected chi connectivity index (χ1v) is 5.99. The minimum Gasteiger partial charge on any atom is -0.489 e. The highest BCUT2D eigenvalue weighted by Gasteiger charge is 2.37. The van der Waals surface area contributed by atoms with E-state index in [1.165, 1.54) is 4.90 Å². The molecule has 1 heterocycles. The Balaban J connectivity index is 2.63. The molecule has 17 heavy (non-hydrogen) atoms. The van der Waals surface area contributed by atoms with Gasteiger partial charge in [0.15, 0.2) is 5.75 Å². The molecule has 0 fully saturated rings. The van der Waals surface area contributed by atoms with Crippen LogP contribution in [0, 0.1) is 5.41 Å². The van der Waals surface area contributed by atoms with Crippen LogP contribution in [0.15, 0.2) is 12.1 Å². The minimum absolute atomic E-state index is 0.0413. The lowest BCUT2D eigenvalue weighted by molar-refractivity contribution is -0.127. The fourth-order valence-electron chi connectivity index (χ4n) is 1.84. The van der Waals surface area contributed by atoms with Gasteiger partial charge in [-0.2, -0.15) is 0 Å². The van der Waals surface area contributed by atoms with E-state index in [0.29, 0.717) is 21.5 Å². The number of hydrogen-bond donors (Lipinski definition) is 0. The summed E-state index contributed by atoms with van der Waals surface area (Å²) in [5.41, 5.74) is -0.0600. The van der Waals surface area contributed by atoms with E-state index in [9.17, 15) is 4.79 Å². The van der Waals surface area contributed by atoms with Crippen LogP contribution < -0.4 is 9.64 Å². The van der Waals surface area contributed by atoms with Gasteiger partial charge in [-0.25, -0.2) is 0 Å². The van der Waals surface area contributed by atoms with E-state index in [1.54, 1.807) is 19.2 Å². The molecule has 92 valence electrons. The summed E-state index contributed by atoms with van der Waals surface area (Å²) in [6.07, 6.45) is 0. The normalized spacial score (nSPS) is 18.4. The molecular formula is C12H13Cl2NO2. The zero-order chi connectivity index (χ0) is 12.8. The number of rotatable bonds is 0. The Kier molecular flexibility index (Phi) is 3.00. The van der Waals surface area contributed by atoms with Crippen molar-refractivity contribution >= 4 is 34.8 Å². The van der Waals surface area contributed by atoms with Crippen molar-refractivity contribution in [1.82, 2.24) is 0 Å². The van der Waals surface area contributed by atoms with Gasteiger partial charge in [-0.15, -0.1) is 0 Å². The fourth-order valence-corrected chi connectivity index (χ4v) is 2.32. The molecule has 0 radical (unpaired) electrons. The molecule has 1 amide bonds. The second-order valence-corrected chi connectivity index (χ2v) is 5.56. The average molecular weight is 274 g/mol. The second-order valence-electron chi connectivity index (χ2n) is 4.74. The summed E-state index contributed by atoms with van der Waals surface area (Å²) in [6, 6.07) is 3.33. The van der Waals surface area contributed by atoms with E-state index in [1.807, 2.05) is 13.8 Å². The van der Waals surface area contributed by atoms with Gasteiger partial charge in [0, 0.05) is 7.05 Å². The monoisotopic (exact) mass is 273 g/mol. The van der Waals surface area contributed by atoms with Crippen molar-refractivity contribution in [3.8, 4) is 5.75 Å². The molecule has 5 heteroatoms. The Bertz CT molecular complexity index is 486. The SMILES string of the molecule is CN1C(=O)C(C)(C)COc2c(Cl)ccc(Cl)c21. The fraction of sp³-hybridized carbons (Fsp3) is 0.417. The van der Waals surface area contributed by atoms with Crippen LogP contribution in [-0.4, -0.2) is 19.6 Å². The van der Waals surface area contributed by atoms with E-state index in [-0.39, 0.29) is 12.5 Å². The zero-order valence-electron chi connectivity index (χ0n) is 9.88. The first-order chi connectivity index (χ1) is 7.84. The third-order valence-corrected chi connectivity index (χ3v) is 3.43. The molecule has 1 aliphatic rings. The molecule has 0 bridgehead atoms. The van der Waals surface area contributed by atoms with Crippen molar-refractivity contribution in [2.24, 2.45) is 5.41 Å². The first-order valence-electron chi connectivity index (χ1n) is 5.23. The maximum absolute atomic E-state index is 12.2. The number of carbonyl (C=O) groups is 1. The standard InChI is InChI=1S/C12H13Cl2NO2/c1-12(2)6-17-10-8(14)5-4-7(13)9(10)15(3)11(12)16/h4-5H,6H2,1-3H3. The third-order valence-electron chi connectivity index (χ3n) is 2.83. The largest absolute Gasteiger partial charge is 0.489 e. The zero-order valence-corrected chi connectivity index (χ0v) is 11.4. The molecule has 0 aromatic heterocycles. The molecule has 0 saturated heterocycles. The lowest BCUT2D eigenvalue weighted by atomic mass is 9.93. The van der Waals surface area contributed by atoms with E-state index >= 15 is 0 Å². The molecule has 3 nitrogen and oxygen atoms in total. The number of ether oxygens (including phenoxy) is 1. The van der Waals surface area contributed by atoms with Gasteiger partial charge in [-0.3, -0.25) is 4.79 Å². The number of halogens is 2. The molecular weight excluding hydrogens is 261 g/mol.